The van der Waals surface area contributed by atoms with Crippen molar-refractivity contribution in [1.82, 2.24) is 0 Å². The Bertz CT molecular complexity index is 5510. The van der Waals surface area contributed by atoms with Gasteiger partial charge in [-0.25, -0.2) is 57.5 Å². The summed E-state index contributed by atoms with van der Waals surface area (Å²) in [5, 5.41) is 125. The lowest BCUT2D eigenvalue weighted by Crippen LogP contribution is -2.09. The first kappa shape index (κ1) is 104. The fraction of sp³-hybridized carbons (Fsp3) is 0.143. The Labute approximate surface area is 704 Å². The highest BCUT2D eigenvalue weighted by Gasteiger charge is 2.31. The number of halogens is 5. The summed E-state index contributed by atoms with van der Waals surface area (Å²) < 4.78 is 26.6. The summed E-state index contributed by atoms with van der Waals surface area (Å²) in [5.74, 6) is -12.6. The van der Waals surface area contributed by atoms with E-state index in [4.69, 9.17) is 100 Å². The molecule has 8 aromatic carbocycles. The summed E-state index contributed by atoms with van der Waals surface area (Å²) in [6.07, 6.45) is 0. The summed E-state index contributed by atoms with van der Waals surface area (Å²) in [6.45, 7) is 6.11. The number of anilines is 2. The monoisotopic (exact) mass is 1810 g/mol. The zero-order valence-electron chi connectivity index (χ0n) is 63.3. The van der Waals surface area contributed by atoms with Crippen molar-refractivity contribution in [2.45, 2.75) is 27.7 Å². The lowest BCUT2D eigenvalue weighted by molar-refractivity contribution is -0.395. The number of benzene rings is 8. The number of nitrogens with zero attached hydrogens (tertiary/aromatic N) is 7. The fourth-order valence-electron chi connectivity index (χ4n) is 8.72. The molecule has 0 saturated heterocycles. The molecule has 0 aliphatic heterocycles. The van der Waals surface area contributed by atoms with Gasteiger partial charge in [-0.3, -0.25) is 70.8 Å². The van der Waals surface area contributed by atoms with Crippen molar-refractivity contribution < 1.29 is 151 Å². The van der Waals surface area contributed by atoms with Gasteiger partial charge in [0.25, 0.3) is 39.8 Å². The number of nitro benzene ring substituents is 7. The van der Waals surface area contributed by atoms with Crippen LogP contribution in [0.15, 0.2) is 109 Å². The van der Waals surface area contributed by atoms with Crippen LogP contribution in [-0.2, 0) is 28.4 Å². The van der Waals surface area contributed by atoms with Crippen molar-refractivity contribution in [3.05, 3.63) is 294 Å². The summed E-state index contributed by atoms with van der Waals surface area (Å²) >= 11 is 28.4. The number of esters is 6. The molecule has 0 heterocycles. The van der Waals surface area contributed by atoms with Crippen molar-refractivity contribution in [3.8, 4) is 0 Å². The largest absolute Gasteiger partial charge is 0.478 e. The van der Waals surface area contributed by atoms with Crippen LogP contribution in [0.2, 0.25) is 25.1 Å². The molecule has 0 spiro atoms. The van der Waals surface area contributed by atoms with Crippen molar-refractivity contribution in [2.75, 3.05) is 54.1 Å². The van der Waals surface area contributed by atoms with Crippen molar-refractivity contribution in [3.63, 3.8) is 0 Å². The van der Waals surface area contributed by atoms with Crippen LogP contribution in [-0.4, -0.2) is 179 Å². The molecule has 0 aliphatic carbocycles. The Balaban J connectivity index is 0.000000700. The summed E-state index contributed by atoms with van der Waals surface area (Å²) in [5.41, 5.74) is 6.29. The molecule has 0 saturated carbocycles. The average molecular weight is 1810 g/mol. The van der Waals surface area contributed by atoms with E-state index in [9.17, 15) is 128 Å². The highest BCUT2D eigenvalue weighted by molar-refractivity contribution is 6.36. The van der Waals surface area contributed by atoms with Crippen LogP contribution >= 0.6 is 58.0 Å². The maximum Gasteiger partial charge on any atom is 0.346 e. The highest BCUT2D eigenvalue weighted by atomic mass is 35.5. The number of hydrogen-bond donors (Lipinski definition) is 8. The number of nitrogen functional groups attached to an aromatic ring is 2. The van der Waals surface area contributed by atoms with Gasteiger partial charge in [0.2, 0.25) is 0 Å². The normalized spacial score (nSPS) is 9.73. The summed E-state index contributed by atoms with van der Waals surface area (Å²) in [7, 11) is 6.93. The second-order valence-electron chi connectivity index (χ2n) is 22.4. The van der Waals surface area contributed by atoms with Gasteiger partial charge >= 0.3 is 71.6 Å². The minimum atomic E-state index is -1.59. The molecule has 10 N–H and O–H groups in total. The van der Waals surface area contributed by atoms with E-state index >= 15 is 0 Å². The van der Waals surface area contributed by atoms with Crippen LogP contribution in [0.4, 0.5) is 51.2 Å². The van der Waals surface area contributed by atoms with E-state index in [2.05, 4.69) is 28.4 Å². The molecular formula is C70H58Cl5N9O38. The number of carboxylic acids is 6. The maximum atomic E-state index is 11.4. The van der Waals surface area contributed by atoms with Crippen LogP contribution in [0.3, 0.4) is 0 Å². The van der Waals surface area contributed by atoms with E-state index in [1.807, 2.05) is 6.92 Å². The highest BCUT2D eigenvalue weighted by Crippen LogP contribution is 2.35. The van der Waals surface area contributed by atoms with Gasteiger partial charge in [0, 0.05) is 65.0 Å². The van der Waals surface area contributed by atoms with Gasteiger partial charge in [0.1, 0.15) is 11.1 Å². The van der Waals surface area contributed by atoms with E-state index in [0.29, 0.717) is 17.2 Å². The van der Waals surface area contributed by atoms with Crippen molar-refractivity contribution in [1.29, 1.82) is 0 Å². The van der Waals surface area contributed by atoms with Gasteiger partial charge < -0.3 is 70.5 Å². The number of aromatic carboxylic acids is 6. The van der Waals surface area contributed by atoms with Crippen molar-refractivity contribution in [2.24, 2.45) is 0 Å². The smallest absolute Gasteiger partial charge is 0.346 e. The second-order valence-corrected chi connectivity index (χ2v) is 24.4. The SMILES string of the molecule is COC(=O)c1cc(Cl)c(C(=O)O)c([N+](=O)[O-])c1.COC(=O)c1cc(Cl)c(C(=O)OC)c([N+](=O)[O-])c1.COC(=O)c1cc(Cl)c(C)c([N+](=O)[O-])c1.COC(=O)c1cc(N)c(C(=O)OC)c(Cl)c1.Cc1c(N)cc(C(=O)O)cc1[N+](=O)[O-].Cc1c([N+](=O)[O-])cc(C(=O)O)cc1[N+](=O)[O-].Cc1ccc(C(=O)O)cc1.O=C(O)c1cc(Cl)c(C(=O)O)c([N+](=O)[O-])c1. The topological polar surface area (TPSA) is 736 Å². The molecule has 0 bridgehead atoms. The number of carbonyl (C=O) groups excluding carboxylic acids is 6. The number of rotatable bonds is 19. The minimum Gasteiger partial charge on any atom is -0.478 e. The predicted molar refractivity (Wildman–Crippen MR) is 421 cm³/mol. The Kier molecular flexibility index (Phi) is 40.6. The molecular weight excluding hydrogens is 1750 g/mol. The first-order valence-electron chi connectivity index (χ1n) is 31.5. The zero-order chi connectivity index (χ0) is 94.3. The molecule has 8 aromatic rings. The molecule has 646 valence electrons. The van der Waals surface area contributed by atoms with Gasteiger partial charge in [0.15, 0.2) is 16.7 Å². The Morgan fingerprint density at radius 1 is 0.262 bits per heavy atom. The standard InChI is InChI=1S/C10H8ClNO6.C10H10ClNO4.C9H6ClNO6.C9H8ClNO4.C8H4ClNO6.C8H6N2O6.C8H8N2O4.C8H8O2/c1-17-9(13)5-3-6(11)8(10(14)18-2)7(4-5)12(15)16;1-15-9(13)5-3-6(11)8(7(12)4-5)10(14)16-2;1-17-9(14)4-2-5(10)7(8(12)13)6(3-4)11(15)16;1-5-7(10)3-6(9(12)15-2)4-8(5)11(13)14;9-4-1-3(7(11)12)2-5(10(15)16)6(4)8(13)14;1-4-6(9(13)14)2-5(8(11)12)3-7(4)10(15)16;1-4-6(9)2-5(8(11)12)3-7(4)10(13)14;1-6-2-4-7(5-3-6)8(9)10/h3-4H,1-2H3;3-4H,12H2,1-2H3;2-3H,1H3,(H,12,13);3-4H,1-2H3;1-2H,(H,11,12)(H,13,14);2-3H,1H3,(H,11,12);2-3H,9H2,1H3,(H,11,12);2-5H,1H3,(H,9,10). The van der Waals surface area contributed by atoms with Crippen LogP contribution < -0.4 is 11.5 Å². The van der Waals surface area contributed by atoms with Gasteiger partial charge in [-0.2, -0.15) is 0 Å². The second kappa shape index (κ2) is 47.5. The lowest BCUT2D eigenvalue weighted by atomic mass is 10.1. The Morgan fingerprint density at radius 3 is 0.787 bits per heavy atom. The number of carboxylic acid groups (broad SMARTS) is 6. The quantitative estimate of drug-likeness (QED) is 0.0122. The third-order valence-corrected chi connectivity index (χ3v) is 16.3. The maximum absolute atomic E-state index is 11.4. The summed E-state index contributed by atoms with van der Waals surface area (Å²) in [6, 6.07) is 21.0. The molecule has 0 aromatic heterocycles. The zero-order valence-corrected chi connectivity index (χ0v) is 67.1. The number of aryl methyl sites for hydroxylation is 1. The number of ether oxygens (including phenoxy) is 6. The molecule has 0 fully saturated rings. The van der Waals surface area contributed by atoms with E-state index in [-0.39, 0.29) is 82.3 Å². The molecule has 47 nitrogen and oxygen atoms in total. The molecule has 0 unspecified atom stereocenters. The molecule has 0 amide bonds. The number of carbonyl (C=O) groups is 12. The molecule has 122 heavy (non-hydrogen) atoms. The van der Waals surface area contributed by atoms with Crippen LogP contribution in [0.25, 0.3) is 0 Å². The van der Waals surface area contributed by atoms with Crippen LogP contribution in [0, 0.1) is 98.5 Å². The third kappa shape index (κ3) is 29.5. The lowest BCUT2D eigenvalue weighted by Gasteiger charge is -2.08. The van der Waals surface area contributed by atoms with E-state index in [1.165, 1.54) is 66.4 Å². The molecule has 0 radical (unpaired) electrons. The number of nitro groups is 7. The van der Waals surface area contributed by atoms with Crippen molar-refractivity contribution >= 4 is 181 Å². The number of hydrogen-bond acceptors (Lipinski definition) is 34. The van der Waals surface area contributed by atoms with E-state index in [1.54, 1.807) is 24.3 Å². The predicted octanol–water partition coefficient (Wildman–Crippen LogP) is 13.4. The third-order valence-electron chi connectivity index (χ3n) is 14.7. The van der Waals surface area contributed by atoms with Gasteiger partial charge in [-0.05, 0) is 82.3 Å². The average Bonchev–Trinajstić information content (AvgIpc) is 0.793. The fourth-order valence-corrected chi connectivity index (χ4v) is 10.1. The van der Waals surface area contributed by atoms with Crippen LogP contribution in [0.5, 0.6) is 0 Å². The molecule has 0 atom stereocenters. The van der Waals surface area contributed by atoms with Gasteiger partial charge in [0.05, 0.1) is 147 Å². The molecule has 52 heteroatoms. The van der Waals surface area contributed by atoms with E-state index < -0.39 is 172 Å². The molecule has 0 aliphatic rings. The number of nitrogens with two attached hydrogens (primary N) is 2. The van der Waals surface area contributed by atoms with Gasteiger partial charge in [-0.15, -0.1) is 0 Å². The molecule has 8 rings (SSSR count). The van der Waals surface area contributed by atoms with E-state index in [0.717, 1.165) is 81.5 Å². The Morgan fingerprint density at radius 2 is 0.484 bits per heavy atom. The first-order chi connectivity index (χ1) is 56.6. The van der Waals surface area contributed by atoms with Crippen LogP contribution in [0.1, 0.15) is 147 Å². The van der Waals surface area contributed by atoms with Gasteiger partial charge in [-0.1, -0.05) is 75.7 Å². The Hall–Kier alpha value is -15.8. The minimum absolute atomic E-state index is 0.0387. The summed E-state index contributed by atoms with van der Waals surface area (Å²) in [4.78, 5) is 200. The number of methoxy groups -OCH3 is 6. The first-order valence-corrected chi connectivity index (χ1v) is 33.4.